The van der Waals surface area contributed by atoms with Gasteiger partial charge in [-0.3, -0.25) is 9.52 Å². The zero-order chi connectivity index (χ0) is 20.1. The fourth-order valence-corrected chi connectivity index (χ4v) is 4.55. The van der Waals surface area contributed by atoms with Crippen molar-refractivity contribution >= 4 is 38.1 Å². The number of sulfonamides is 1. The SMILES string of the molecule is Cc1ccc(NC(=O)CCc2csc(NS(=O)(=O)c3ccccc3)n2)cc1C. The van der Waals surface area contributed by atoms with E-state index in [-0.39, 0.29) is 22.4 Å². The summed E-state index contributed by atoms with van der Waals surface area (Å²) < 4.78 is 27.1. The maximum absolute atomic E-state index is 12.3. The summed E-state index contributed by atoms with van der Waals surface area (Å²) in [4.78, 5) is 16.6. The number of thiazole rings is 1. The van der Waals surface area contributed by atoms with Crippen molar-refractivity contribution in [3.63, 3.8) is 0 Å². The Bertz CT molecular complexity index is 1080. The zero-order valence-electron chi connectivity index (χ0n) is 15.6. The van der Waals surface area contributed by atoms with Crippen molar-refractivity contribution in [2.24, 2.45) is 0 Å². The molecule has 0 fully saturated rings. The van der Waals surface area contributed by atoms with Crippen LogP contribution in [0.15, 0.2) is 58.8 Å². The van der Waals surface area contributed by atoms with Gasteiger partial charge in [0.25, 0.3) is 10.0 Å². The minimum Gasteiger partial charge on any atom is -0.326 e. The zero-order valence-corrected chi connectivity index (χ0v) is 17.2. The highest BCUT2D eigenvalue weighted by atomic mass is 32.2. The molecule has 0 aliphatic carbocycles. The van der Waals surface area contributed by atoms with Gasteiger partial charge < -0.3 is 5.32 Å². The standard InChI is InChI=1S/C20H21N3O3S2/c1-14-8-9-16(12-15(14)2)21-19(24)11-10-17-13-27-20(22-17)23-28(25,26)18-6-4-3-5-7-18/h3-9,12-13H,10-11H2,1-2H3,(H,21,24)(H,22,23). The number of hydrogen-bond donors (Lipinski definition) is 2. The molecule has 3 aromatic rings. The van der Waals surface area contributed by atoms with Gasteiger partial charge >= 0.3 is 0 Å². The molecule has 1 aromatic heterocycles. The molecule has 28 heavy (non-hydrogen) atoms. The van der Waals surface area contributed by atoms with E-state index >= 15 is 0 Å². The number of hydrogen-bond acceptors (Lipinski definition) is 5. The van der Waals surface area contributed by atoms with Crippen molar-refractivity contribution in [1.29, 1.82) is 0 Å². The lowest BCUT2D eigenvalue weighted by atomic mass is 10.1. The number of amides is 1. The van der Waals surface area contributed by atoms with Gasteiger partial charge in [-0.1, -0.05) is 24.3 Å². The predicted molar refractivity (Wildman–Crippen MR) is 112 cm³/mol. The van der Waals surface area contributed by atoms with Gasteiger partial charge in [-0.25, -0.2) is 13.4 Å². The normalized spacial score (nSPS) is 11.2. The summed E-state index contributed by atoms with van der Waals surface area (Å²) in [6, 6.07) is 13.9. The van der Waals surface area contributed by atoms with E-state index in [2.05, 4.69) is 15.0 Å². The third-order valence-electron chi connectivity index (χ3n) is 4.23. The number of aryl methyl sites for hydroxylation is 3. The number of nitrogens with one attached hydrogen (secondary N) is 2. The van der Waals surface area contributed by atoms with Crippen LogP contribution in [0, 0.1) is 13.8 Å². The summed E-state index contributed by atoms with van der Waals surface area (Å²) in [5.74, 6) is -0.109. The minimum absolute atomic E-state index is 0.109. The molecule has 0 radical (unpaired) electrons. The molecule has 8 heteroatoms. The highest BCUT2D eigenvalue weighted by molar-refractivity contribution is 7.93. The quantitative estimate of drug-likeness (QED) is 0.607. The molecule has 0 bridgehead atoms. The van der Waals surface area contributed by atoms with Crippen LogP contribution in [0.4, 0.5) is 10.8 Å². The second kappa shape index (κ2) is 8.53. The first kappa shape index (κ1) is 20.0. The molecule has 0 saturated heterocycles. The number of carbonyl (C=O) groups excluding carboxylic acids is 1. The summed E-state index contributed by atoms with van der Waals surface area (Å²) in [6.07, 6.45) is 0.696. The van der Waals surface area contributed by atoms with Gasteiger partial charge in [-0.15, -0.1) is 11.3 Å². The van der Waals surface area contributed by atoms with Crippen LogP contribution in [0.25, 0.3) is 0 Å². The fourth-order valence-electron chi connectivity index (χ4n) is 2.53. The van der Waals surface area contributed by atoms with Crippen LogP contribution in [-0.2, 0) is 21.2 Å². The van der Waals surface area contributed by atoms with E-state index in [9.17, 15) is 13.2 Å². The van der Waals surface area contributed by atoms with Gasteiger partial charge in [0.1, 0.15) is 0 Å². The number of benzene rings is 2. The van der Waals surface area contributed by atoms with Gasteiger partial charge in [0.05, 0.1) is 10.6 Å². The molecular formula is C20H21N3O3S2. The highest BCUT2D eigenvalue weighted by Gasteiger charge is 2.16. The second-order valence-corrected chi connectivity index (χ2v) is 8.95. The number of nitrogens with zero attached hydrogens (tertiary/aromatic N) is 1. The molecule has 146 valence electrons. The van der Waals surface area contributed by atoms with Crippen LogP contribution in [0.2, 0.25) is 0 Å². The van der Waals surface area contributed by atoms with Gasteiger partial charge in [0.15, 0.2) is 5.13 Å². The van der Waals surface area contributed by atoms with E-state index in [4.69, 9.17) is 0 Å². The maximum Gasteiger partial charge on any atom is 0.263 e. The molecule has 1 heterocycles. The summed E-state index contributed by atoms with van der Waals surface area (Å²) in [5.41, 5.74) is 3.73. The number of carbonyl (C=O) groups is 1. The summed E-state index contributed by atoms with van der Waals surface area (Å²) in [6.45, 7) is 4.02. The molecule has 2 N–H and O–H groups in total. The van der Waals surface area contributed by atoms with Gasteiger partial charge in [-0.2, -0.15) is 0 Å². The molecule has 1 amide bonds. The van der Waals surface area contributed by atoms with E-state index in [0.29, 0.717) is 12.1 Å². The monoisotopic (exact) mass is 415 g/mol. The fraction of sp³-hybridized carbons (Fsp3) is 0.200. The Hall–Kier alpha value is -2.71. The van der Waals surface area contributed by atoms with Crippen molar-refractivity contribution in [2.75, 3.05) is 10.0 Å². The molecule has 0 saturated carbocycles. The molecule has 2 aromatic carbocycles. The lowest BCUT2D eigenvalue weighted by Crippen LogP contribution is -2.13. The molecule has 6 nitrogen and oxygen atoms in total. The van der Waals surface area contributed by atoms with Crippen LogP contribution in [-0.4, -0.2) is 19.3 Å². The van der Waals surface area contributed by atoms with E-state index in [1.54, 1.807) is 23.6 Å². The molecule has 0 unspecified atom stereocenters. The smallest absolute Gasteiger partial charge is 0.263 e. The lowest BCUT2D eigenvalue weighted by Gasteiger charge is -2.07. The Morgan fingerprint density at radius 1 is 1.07 bits per heavy atom. The van der Waals surface area contributed by atoms with Crippen molar-refractivity contribution in [1.82, 2.24) is 4.98 Å². The molecule has 0 aliphatic heterocycles. The first-order valence-electron chi connectivity index (χ1n) is 8.73. The highest BCUT2D eigenvalue weighted by Crippen LogP contribution is 2.21. The third-order valence-corrected chi connectivity index (χ3v) is 6.52. The Morgan fingerprint density at radius 2 is 1.82 bits per heavy atom. The predicted octanol–water partition coefficient (Wildman–Crippen LogP) is 4.13. The number of rotatable bonds is 7. The van der Waals surface area contributed by atoms with E-state index in [1.807, 2.05) is 32.0 Å². The average Bonchev–Trinajstić information content (AvgIpc) is 3.10. The van der Waals surface area contributed by atoms with Crippen molar-refractivity contribution < 1.29 is 13.2 Å². The summed E-state index contributed by atoms with van der Waals surface area (Å²) in [7, 11) is -3.66. The molecule has 3 rings (SSSR count). The summed E-state index contributed by atoms with van der Waals surface area (Å²) >= 11 is 1.20. The summed E-state index contributed by atoms with van der Waals surface area (Å²) in [5, 5.41) is 4.91. The van der Waals surface area contributed by atoms with E-state index < -0.39 is 10.0 Å². The first-order valence-corrected chi connectivity index (χ1v) is 11.1. The van der Waals surface area contributed by atoms with Gasteiger partial charge in [-0.05, 0) is 55.7 Å². The Morgan fingerprint density at radius 3 is 2.54 bits per heavy atom. The Balaban J connectivity index is 1.56. The molecular weight excluding hydrogens is 394 g/mol. The second-order valence-electron chi connectivity index (χ2n) is 6.41. The van der Waals surface area contributed by atoms with E-state index in [1.165, 1.54) is 29.0 Å². The number of anilines is 2. The molecule has 0 atom stereocenters. The minimum atomic E-state index is -3.66. The Labute approximate surface area is 168 Å². The van der Waals surface area contributed by atoms with Crippen LogP contribution < -0.4 is 10.0 Å². The van der Waals surface area contributed by atoms with Crippen LogP contribution in [0.1, 0.15) is 23.2 Å². The van der Waals surface area contributed by atoms with Crippen LogP contribution >= 0.6 is 11.3 Å². The van der Waals surface area contributed by atoms with Crippen molar-refractivity contribution in [3.05, 3.63) is 70.7 Å². The topological polar surface area (TPSA) is 88.2 Å². The maximum atomic E-state index is 12.3. The Kier molecular flexibility index (Phi) is 6.11. The van der Waals surface area contributed by atoms with Crippen molar-refractivity contribution in [2.45, 2.75) is 31.6 Å². The number of aromatic nitrogens is 1. The van der Waals surface area contributed by atoms with Crippen molar-refractivity contribution in [3.8, 4) is 0 Å². The third kappa shape index (κ3) is 5.17. The van der Waals surface area contributed by atoms with Crippen LogP contribution in [0.3, 0.4) is 0 Å². The van der Waals surface area contributed by atoms with Crippen LogP contribution in [0.5, 0.6) is 0 Å². The molecule has 0 spiro atoms. The largest absolute Gasteiger partial charge is 0.326 e. The van der Waals surface area contributed by atoms with Gasteiger partial charge in [0, 0.05) is 17.5 Å². The lowest BCUT2D eigenvalue weighted by molar-refractivity contribution is -0.116. The van der Waals surface area contributed by atoms with E-state index in [0.717, 1.165) is 11.3 Å². The van der Waals surface area contributed by atoms with Gasteiger partial charge in [0.2, 0.25) is 5.91 Å². The average molecular weight is 416 g/mol. The molecule has 0 aliphatic rings. The first-order chi connectivity index (χ1) is 13.3.